The van der Waals surface area contributed by atoms with E-state index < -0.39 is 0 Å². The van der Waals surface area contributed by atoms with E-state index >= 15 is 0 Å². The van der Waals surface area contributed by atoms with Gasteiger partial charge in [-0.25, -0.2) is 0 Å². The molecule has 0 aromatic heterocycles. The van der Waals surface area contributed by atoms with Gasteiger partial charge in [0.15, 0.2) is 0 Å². The zero-order chi connectivity index (χ0) is 15.1. The normalized spacial score (nSPS) is 12.0. The van der Waals surface area contributed by atoms with Gasteiger partial charge in [0.1, 0.15) is 18.1 Å². The Morgan fingerprint density at radius 1 is 1.05 bits per heavy atom. The molecule has 0 fully saturated rings. The molecule has 2 aromatic rings. The molecule has 0 radical (unpaired) electrons. The van der Waals surface area contributed by atoms with Crippen molar-refractivity contribution in [1.29, 1.82) is 0 Å². The molecule has 0 spiro atoms. The molecule has 112 valence electrons. The second-order valence-corrected chi connectivity index (χ2v) is 5.13. The lowest BCUT2D eigenvalue weighted by molar-refractivity contribution is 0.185. The van der Waals surface area contributed by atoms with Gasteiger partial charge in [-0.3, -0.25) is 0 Å². The van der Waals surface area contributed by atoms with Gasteiger partial charge in [0, 0.05) is 5.56 Å². The molecule has 2 aromatic carbocycles. The zero-order valence-electron chi connectivity index (χ0n) is 12.6. The largest absolute Gasteiger partial charge is 0.496 e. The topological polar surface area (TPSA) is 38.7 Å². The van der Waals surface area contributed by atoms with Gasteiger partial charge in [0.2, 0.25) is 0 Å². The van der Waals surface area contributed by atoms with Crippen molar-refractivity contribution >= 4 is 0 Å². The fourth-order valence-corrected chi connectivity index (χ4v) is 2.11. The van der Waals surface area contributed by atoms with Gasteiger partial charge in [0.25, 0.3) is 0 Å². The Labute approximate surface area is 126 Å². The number of methoxy groups -OCH3 is 1. The van der Waals surface area contributed by atoms with Crippen LogP contribution in [0.25, 0.3) is 0 Å². The first-order valence-corrected chi connectivity index (χ1v) is 7.20. The smallest absolute Gasteiger partial charge is 0.125 e. The molecule has 1 atom stereocenters. The predicted molar refractivity (Wildman–Crippen MR) is 83.8 cm³/mol. The van der Waals surface area contributed by atoms with E-state index in [1.807, 2.05) is 55.5 Å². The van der Waals surface area contributed by atoms with Gasteiger partial charge >= 0.3 is 0 Å². The lowest BCUT2D eigenvalue weighted by Crippen LogP contribution is -2.01. The summed E-state index contributed by atoms with van der Waals surface area (Å²) in [4.78, 5) is 0. The maximum atomic E-state index is 9.29. The monoisotopic (exact) mass is 286 g/mol. The minimum absolute atomic E-state index is 0.258. The molecule has 1 N–H and O–H groups in total. The van der Waals surface area contributed by atoms with Crippen LogP contribution in [0.1, 0.15) is 24.5 Å². The molecule has 3 heteroatoms. The number of para-hydroxylation sites is 1. The SMILES string of the molecule is COc1ccccc1COc1ccc(CCC(C)O)cc1. The zero-order valence-corrected chi connectivity index (χ0v) is 12.6. The van der Waals surface area contributed by atoms with Crippen LogP contribution in [0.3, 0.4) is 0 Å². The Bertz CT molecular complexity index is 547. The molecule has 0 amide bonds. The third-order valence-corrected chi connectivity index (χ3v) is 3.36. The minimum atomic E-state index is -0.258. The Balaban J connectivity index is 1.91. The summed E-state index contributed by atoms with van der Waals surface area (Å²) in [5.41, 5.74) is 2.23. The van der Waals surface area contributed by atoms with Crippen LogP contribution in [0.2, 0.25) is 0 Å². The van der Waals surface area contributed by atoms with Crippen LogP contribution in [0.4, 0.5) is 0 Å². The number of rotatable bonds is 7. The summed E-state index contributed by atoms with van der Waals surface area (Å²) in [6.07, 6.45) is 1.40. The average Bonchev–Trinajstić information content (AvgIpc) is 2.52. The van der Waals surface area contributed by atoms with Crippen molar-refractivity contribution in [2.75, 3.05) is 7.11 Å². The number of aliphatic hydroxyl groups is 1. The Kier molecular flexibility index (Phi) is 5.64. The van der Waals surface area contributed by atoms with Gasteiger partial charge in [-0.1, -0.05) is 30.3 Å². The molecular weight excluding hydrogens is 264 g/mol. The number of aryl methyl sites for hydroxylation is 1. The maximum absolute atomic E-state index is 9.29. The van der Waals surface area contributed by atoms with Gasteiger partial charge in [-0.2, -0.15) is 0 Å². The molecule has 0 aliphatic heterocycles. The van der Waals surface area contributed by atoms with Crippen LogP contribution in [-0.2, 0) is 13.0 Å². The van der Waals surface area contributed by atoms with E-state index in [1.165, 1.54) is 5.56 Å². The first-order chi connectivity index (χ1) is 10.2. The number of hydrogen-bond acceptors (Lipinski definition) is 3. The highest BCUT2D eigenvalue weighted by Crippen LogP contribution is 2.20. The van der Waals surface area contributed by atoms with Crippen LogP contribution in [0, 0.1) is 0 Å². The summed E-state index contributed by atoms with van der Waals surface area (Å²) >= 11 is 0. The van der Waals surface area contributed by atoms with E-state index in [0.29, 0.717) is 6.61 Å². The maximum Gasteiger partial charge on any atom is 0.125 e. The average molecular weight is 286 g/mol. The van der Waals surface area contributed by atoms with Crippen LogP contribution in [-0.4, -0.2) is 18.3 Å². The third-order valence-electron chi connectivity index (χ3n) is 3.36. The first-order valence-electron chi connectivity index (χ1n) is 7.20. The summed E-state index contributed by atoms with van der Waals surface area (Å²) < 4.78 is 11.1. The fraction of sp³-hybridized carbons (Fsp3) is 0.333. The van der Waals surface area contributed by atoms with E-state index in [2.05, 4.69) is 0 Å². The standard InChI is InChI=1S/C18H22O3/c1-14(19)7-8-15-9-11-17(12-10-15)21-13-16-5-3-4-6-18(16)20-2/h3-6,9-12,14,19H,7-8,13H2,1-2H3. The van der Waals surface area contributed by atoms with Gasteiger partial charge in [0.05, 0.1) is 13.2 Å². The minimum Gasteiger partial charge on any atom is -0.496 e. The quantitative estimate of drug-likeness (QED) is 0.845. The van der Waals surface area contributed by atoms with Crippen LogP contribution in [0.5, 0.6) is 11.5 Å². The predicted octanol–water partition coefficient (Wildman–Crippen LogP) is 3.59. The molecule has 0 saturated carbocycles. The molecule has 0 aliphatic carbocycles. The van der Waals surface area contributed by atoms with Crippen molar-refractivity contribution < 1.29 is 14.6 Å². The van der Waals surface area contributed by atoms with Crippen molar-refractivity contribution in [1.82, 2.24) is 0 Å². The molecule has 0 aliphatic rings. The lowest BCUT2D eigenvalue weighted by Gasteiger charge is -2.10. The van der Waals surface area contributed by atoms with Crippen molar-refractivity contribution in [2.24, 2.45) is 0 Å². The van der Waals surface area contributed by atoms with Crippen LogP contribution in [0.15, 0.2) is 48.5 Å². The first kappa shape index (κ1) is 15.4. The van der Waals surface area contributed by atoms with Crippen molar-refractivity contribution in [2.45, 2.75) is 32.5 Å². The van der Waals surface area contributed by atoms with Crippen LogP contribution >= 0.6 is 0 Å². The van der Waals surface area contributed by atoms with E-state index in [9.17, 15) is 5.11 Å². The fourth-order valence-electron chi connectivity index (χ4n) is 2.11. The molecule has 3 nitrogen and oxygen atoms in total. The second kappa shape index (κ2) is 7.70. The van der Waals surface area contributed by atoms with Gasteiger partial charge < -0.3 is 14.6 Å². The molecular formula is C18H22O3. The highest BCUT2D eigenvalue weighted by Gasteiger charge is 2.03. The van der Waals surface area contributed by atoms with E-state index in [0.717, 1.165) is 29.9 Å². The highest BCUT2D eigenvalue weighted by atomic mass is 16.5. The summed E-state index contributed by atoms with van der Waals surface area (Å²) in [5, 5.41) is 9.29. The summed E-state index contributed by atoms with van der Waals surface area (Å²) in [6.45, 7) is 2.29. The van der Waals surface area contributed by atoms with Gasteiger partial charge in [-0.15, -0.1) is 0 Å². The van der Waals surface area contributed by atoms with Crippen molar-refractivity contribution in [3.8, 4) is 11.5 Å². The Morgan fingerprint density at radius 2 is 1.76 bits per heavy atom. The second-order valence-electron chi connectivity index (χ2n) is 5.13. The summed E-state index contributed by atoms with van der Waals surface area (Å²) in [5.74, 6) is 1.67. The van der Waals surface area contributed by atoms with E-state index in [4.69, 9.17) is 9.47 Å². The van der Waals surface area contributed by atoms with E-state index in [-0.39, 0.29) is 6.10 Å². The van der Waals surface area contributed by atoms with E-state index in [1.54, 1.807) is 7.11 Å². The number of aliphatic hydroxyl groups excluding tert-OH is 1. The molecule has 2 rings (SSSR count). The third kappa shape index (κ3) is 4.80. The number of benzene rings is 2. The lowest BCUT2D eigenvalue weighted by atomic mass is 10.1. The Hall–Kier alpha value is -2.00. The molecule has 0 saturated heterocycles. The molecule has 21 heavy (non-hydrogen) atoms. The molecule has 0 bridgehead atoms. The highest BCUT2D eigenvalue weighted by molar-refractivity contribution is 5.33. The number of ether oxygens (including phenoxy) is 2. The summed E-state index contributed by atoms with van der Waals surface area (Å²) in [7, 11) is 1.66. The van der Waals surface area contributed by atoms with Crippen LogP contribution < -0.4 is 9.47 Å². The molecule has 1 unspecified atom stereocenters. The molecule has 0 heterocycles. The van der Waals surface area contributed by atoms with Gasteiger partial charge in [-0.05, 0) is 43.5 Å². The summed E-state index contributed by atoms with van der Waals surface area (Å²) in [6, 6.07) is 15.9. The Morgan fingerprint density at radius 3 is 2.43 bits per heavy atom. The van der Waals surface area contributed by atoms with Crippen molar-refractivity contribution in [3.63, 3.8) is 0 Å². The van der Waals surface area contributed by atoms with Crippen molar-refractivity contribution in [3.05, 3.63) is 59.7 Å². The number of hydrogen-bond donors (Lipinski definition) is 1.